The summed E-state index contributed by atoms with van der Waals surface area (Å²) in [5.41, 5.74) is 2.59. The molecule has 4 nitrogen and oxygen atoms in total. The zero-order valence-electron chi connectivity index (χ0n) is 14.1. The minimum atomic E-state index is -0.982. The minimum absolute atomic E-state index is 0.0881. The maximum Gasteiger partial charge on any atom is 0.169 e. The van der Waals surface area contributed by atoms with Crippen molar-refractivity contribution in [1.82, 2.24) is 4.90 Å². The van der Waals surface area contributed by atoms with Gasteiger partial charge in [-0.2, -0.15) is 10.5 Å². The van der Waals surface area contributed by atoms with Gasteiger partial charge in [0.2, 0.25) is 0 Å². The Kier molecular flexibility index (Phi) is 3.92. The van der Waals surface area contributed by atoms with Crippen LogP contribution in [-0.4, -0.2) is 30.6 Å². The van der Waals surface area contributed by atoms with Gasteiger partial charge in [0, 0.05) is 38.3 Å². The van der Waals surface area contributed by atoms with Gasteiger partial charge in [-0.15, -0.1) is 0 Å². The van der Waals surface area contributed by atoms with E-state index in [-0.39, 0.29) is 6.04 Å². The first-order valence-electron chi connectivity index (χ1n) is 8.69. The van der Waals surface area contributed by atoms with Gasteiger partial charge in [0.25, 0.3) is 0 Å². The summed E-state index contributed by atoms with van der Waals surface area (Å²) in [6, 6.07) is 23.2. The average molecular weight is 328 g/mol. The van der Waals surface area contributed by atoms with Crippen LogP contribution in [0.2, 0.25) is 0 Å². The molecule has 1 saturated heterocycles. The molecule has 0 spiro atoms. The highest BCUT2D eigenvalue weighted by molar-refractivity contribution is 5.60. The molecule has 2 heterocycles. The third-order valence-electron chi connectivity index (χ3n) is 5.45. The van der Waals surface area contributed by atoms with Crippen molar-refractivity contribution in [2.45, 2.75) is 19.0 Å². The number of rotatable bonds is 2. The molecule has 0 bridgehead atoms. The van der Waals surface area contributed by atoms with Crippen LogP contribution >= 0.6 is 0 Å². The molecule has 4 heteroatoms. The van der Waals surface area contributed by atoms with Crippen LogP contribution in [0.25, 0.3) is 0 Å². The molecular weight excluding hydrogens is 308 g/mol. The molecule has 1 unspecified atom stereocenters. The van der Waals surface area contributed by atoms with Gasteiger partial charge in [-0.3, -0.25) is 4.90 Å². The molecule has 0 saturated carbocycles. The van der Waals surface area contributed by atoms with Crippen molar-refractivity contribution in [2.75, 3.05) is 24.5 Å². The molecule has 1 fully saturated rings. The van der Waals surface area contributed by atoms with Gasteiger partial charge in [-0.05, 0) is 17.2 Å². The molecule has 124 valence electrons. The normalized spacial score (nSPS) is 21.5. The topological polar surface area (TPSA) is 54.1 Å². The SMILES string of the molecule is N#CC1(C#N)Cc2ccccc2N2CCN(Cc3ccccc3)CC21. The molecule has 2 aliphatic rings. The van der Waals surface area contributed by atoms with Crippen LogP contribution in [-0.2, 0) is 13.0 Å². The Hall–Kier alpha value is -2.82. The predicted molar refractivity (Wildman–Crippen MR) is 96.7 cm³/mol. The highest BCUT2D eigenvalue weighted by Crippen LogP contribution is 2.42. The molecule has 0 aromatic heterocycles. The molecule has 25 heavy (non-hydrogen) atoms. The van der Waals surface area contributed by atoms with Crippen molar-refractivity contribution in [3.63, 3.8) is 0 Å². The molecule has 0 amide bonds. The molecule has 0 radical (unpaired) electrons. The lowest BCUT2D eigenvalue weighted by molar-refractivity contribution is 0.171. The van der Waals surface area contributed by atoms with Gasteiger partial charge < -0.3 is 4.90 Å². The fourth-order valence-corrected chi connectivity index (χ4v) is 4.15. The maximum absolute atomic E-state index is 9.86. The van der Waals surface area contributed by atoms with Crippen LogP contribution in [0.15, 0.2) is 54.6 Å². The third-order valence-corrected chi connectivity index (χ3v) is 5.45. The summed E-state index contributed by atoms with van der Waals surface area (Å²) >= 11 is 0. The Morgan fingerprint density at radius 3 is 2.44 bits per heavy atom. The molecule has 2 aromatic rings. The van der Waals surface area contributed by atoms with E-state index in [1.54, 1.807) is 0 Å². The van der Waals surface area contributed by atoms with E-state index in [1.807, 2.05) is 24.3 Å². The number of hydrogen-bond donors (Lipinski definition) is 0. The fourth-order valence-electron chi connectivity index (χ4n) is 4.15. The standard InChI is InChI=1S/C21H20N4/c22-15-21(16-23)12-18-8-4-5-9-19(18)25-11-10-24(14-20(21)25)13-17-6-2-1-3-7-17/h1-9,20H,10-14H2. The number of para-hydroxylation sites is 1. The van der Waals surface area contributed by atoms with E-state index >= 15 is 0 Å². The zero-order valence-corrected chi connectivity index (χ0v) is 14.1. The first kappa shape index (κ1) is 15.7. The number of piperazine rings is 1. The molecule has 0 aliphatic carbocycles. The maximum atomic E-state index is 9.86. The molecule has 1 atom stereocenters. The molecule has 0 N–H and O–H groups in total. The van der Waals surface area contributed by atoms with Gasteiger partial charge in [0.15, 0.2) is 5.41 Å². The van der Waals surface area contributed by atoms with Crippen LogP contribution < -0.4 is 4.90 Å². The lowest BCUT2D eigenvalue weighted by atomic mass is 9.72. The first-order valence-corrected chi connectivity index (χ1v) is 8.69. The fraction of sp³-hybridized carbons (Fsp3) is 0.333. The monoisotopic (exact) mass is 328 g/mol. The predicted octanol–water partition coefficient (Wildman–Crippen LogP) is 2.97. The van der Waals surface area contributed by atoms with Crippen molar-refractivity contribution in [3.05, 3.63) is 65.7 Å². The third kappa shape index (κ3) is 2.65. The quantitative estimate of drug-likeness (QED) is 0.850. The van der Waals surface area contributed by atoms with E-state index in [9.17, 15) is 10.5 Å². The van der Waals surface area contributed by atoms with Crippen molar-refractivity contribution in [2.24, 2.45) is 5.41 Å². The van der Waals surface area contributed by atoms with Crippen LogP contribution in [0.5, 0.6) is 0 Å². The van der Waals surface area contributed by atoms with Crippen LogP contribution in [0.4, 0.5) is 5.69 Å². The van der Waals surface area contributed by atoms with E-state index in [2.05, 4.69) is 52.3 Å². The van der Waals surface area contributed by atoms with E-state index in [4.69, 9.17) is 0 Å². The van der Waals surface area contributed by atoms with E-state index < -0.39 is 5.41 Å². The summed E-state index contributed by atoms with van der Waals surface area (Å²) in [6.45, 7) is 3.39. The largest absolute Gasteiger partial charge is 0.363 e. The Bertz CT molecular complexity index is 832. The van der Waals surface area contributed by atoms with Crippen molar-refractivity contribution in [3.8, 4) is 12.1 Å². The minimum Gasteiger partial charge on any atom is -0.363 e. The first-order chi connectivity index (χ1) is 12.3. The number of nitriles is 2. The van der Waals surface area contributed by atoms with Crippen LogP contribution in [0, 0.1) is 28.1 Å². The summed E-state index contributed by atoms with van der Waals surface area (Å²) in [7, 11) is 0. The summed E-state index contributed by atoms with van der Waals surface area (Å²) < 4.78 is 0. The smallest absolute Gasteiger partial charge is 0.169 e. The number of benzene rings is 2. The summed E-state index contributed by atoms with van der Waals surface area (Å²) in [5, 5.41) is 19.7. The highest BCUT2D eigenvalue weighted by Gasteiger charge is 2.49. The lowest BCUT2D eigenvalue weighted by Crippen LogP contribution is -2.62. The van der Waals surface area contributed by atoms with E-state index in [0.717, 1.165) is 31.7 Å². The van der Waals surface area contributed by atoms with Crippen molar-refractivity contribution < 1.29 is 0 Å². The Morgan fingerprint density at radius 1 is 0.960 bits per heavy atom. The Balaban J connectivity index is 1.65. The van der Waals surface area contributed by atoms with Gasteiger partial charge >= 0.3 is 0 Å². The van der Waals surface area contributed by atoms with Gasteiger partial charge in [-0.25, -0.2) is 0 Å². The van der Waals surface area contributed by atoms with Crippen LogP contribution in [0.1, 0.15) is 11.1 Å². The summed E-state index contributed by atoms with van der Waals surface area (Å²) in [4.78, 5) is 4.65. The second kappa shape index (κ2) is 6.24. The number of fused-ring (bicyclic) bond motifs is 3. The molecule has 2 aromatic carbocycles. The number of hydrogen-bond acceptors (Lipinski definition) is 4. The van der Waals surface area contributed by atoms with E-state index in [1.165, 1.54) is 11.3 Å². The van der Waals surface area contributed by atoms with Gasteiger partial charge in [0.05, 0.1) is 18.2 Å². The highest BCUT2D eigenvalue weighted by atomic mass is 15.3. The second-order valence-corrected chi connectivity index (χ2v) is 6.93. The number of nitrogens with zero attached hydrogens (tertiary/aromatic N) is 4. The Morgan fingerprint density at radius 2 is 1.68 bits per heavy atom. The van der Waals surface area contributed by atoms with Gasteiger partial charge in [-0.1, -0.05) is 48.5 Å². The van der Waals surface area contributed by atoms with Crippen molar-refractivity contribution >= 4 is 5.69 Å². The van der Waals surface area contributed by atoms with Crippen LogP contribution in [0.3, 0.4) is 0 Å². The number of anilines is 1. The van der Waals surface area contributed by atoms with Gasteiger partial charge in [0.1, 0.15) is 0 Å². The second-order valence-electron chi connectivity index (χ2n) is 6.93. The lowest BCUT2D eigenvalue weighted by Gasteiger charge is -2.50. The molecule has 4 rings (SSSR count). The average Bonchev–Trinajstić information content (AvgIpc) is 2.68. The van der Waals surface area contributed by atoms with Crippen molar-refractivity contribution in [1.29, 1.82) is 10.5 Å². The molecular formula is C21H20N4. The zero-order chi connectivity index (χ0) is 17.3. The Labute approximate surface area is 148 Å². The summed E-state index contributed by atoms with van der Waals surface area (Å²) in [5.74, 6) is 0. The molecule has 2 aliphatic heterocycles. The van der Waals surface area contributed by atoms with E-state index in [0.29, 0.717) is 6.42 Å². The summed E-state index contributed by atoms with van der Waals surface area (Å²) in [6.07, 6.45) is 0.510.